The van der Waals surface area contributed by atoms with Crippen LogP contribution in [-0.2, 0) is 4.75 Å². The first-order valence-corrected chi connectivity index (χ1v) is 11.1. The lowest BCUT2D eigenvalue weighted by Crippen LogP contribution is -2.17. The minimum atomic E-state index is -1.17. The van der Waals surface area contributed by atoms with Crippen LogP contribution in [-0.4, -0.2) is 8.07 Å². The summed E-state index contributed by atoms with van der Waals surface area (Å²) in [6.07, 6.45) is 7.64. The van der Waals surface area contributed by atoms with Crippen molar-refractivity contribution in [2.75, 3.05) is 0 Å². The number of benzene rings is 1. The van der Waals surface area contributed by atoms with Crippen molar-refractivity contribution in [2.45, 2.75) is 30.8 Å². The molecule has 0 saturated carbocycles. The SMILES string of the molecule is C=CCC1(c2ccccc2)C=C/C(=C\[Si](C)(C)C)S1. The van der Waals surface area contributed by atoms with Crippen molar-refractivity contribution >= 4 is 19.8 Å². The predicted octanol–water partition coefficient (Wildman–Crippen LogP) is 5.52. The van der Waals surface area contributed by atoms with E-state index >= 15 is 0 Å². The molecule has 1 aromatic carbocycles. The molecule has 19 heavy (non-hydrogen) atoms. The summed E-state index contributed by atoms with van der Waals surface area (Å²) >= 11 is 1.98. The van der Waals surface area contributed by atoms with Crippen LogP contribution in [0.25, 0.3) is 0 Å². The van der Waals surface area contributed by atoms with Gasteiger partial charge in [0.05, 0.1) is 12.8 Å². The van der Waals surface area contributed by atoms with E-state index in [0.29, 0.717) is 0 Å². The van der Waals surface area contributed by atoms with Crippen LogP contribution in [0.3, 0.4) is 0 Å². The summed E-state index contributed by atoms with van der Waals surface area (Å²) in [5.74, 6) is 0. The molecule has 0 bridgehead atoms. The van der Waals surface area contributed by atoms with Gasteiger partial charge in [0.1, 0.15) is 0 Å². The molecule has 2 rings (SSSR count). The van der Waals surface area contributed by atoms with Crippen molar-refractivity contribution in [1.29, 1.82) is 0 Å². The smallest absolute Gasteiger partial charge is 0.0701 e. The number of hydrogen-bond donors (Lipinski definition) is 0. The number of thioether (sulfide) groups is 1. The number of rotatable bonds is 4. The van der Waals surface area contributed by atoms with Crippen LogP contribution in [0.1, 0.15) is 12.0 Å². The van der Waals surface area contributed by atoms with Crippen LogP contribution >= 0.6 is 11.8 Å². The highest BCUT2D eigenvalue weighted by Gasteiger charge is 2.34. The summed E-state index contributed by atoms with van der Waals surface area (Å²) in [5.41, 5.74) is 3.86. The van der Waals surface area contributed by atoms with Gasteiger partial charge in [-0.25, -0.2) is 0 Å². The van der Waals surface area contributed by atoms with Gasteiger partial charge in [0.15, 0.2) is 0 Å². The quantitative estimate of drug-likeness (QED) is 0.518. The lowest BCUT2D eigenvalue weighted by Gasteiger charge is -2.26. The minimum absolute atomic E-state index is 0.0501. The Bertz CT molecular complexity index is 508. The Kier molecular flexibility index (Phi) is 4.22. The van der Waals surface area contributed by atoms with Gasteiger partial charge < -0.3 is 0 Å². The summed E-state index contributed by atoms with van der Waals surface area (Å²) in [4.78, 5) is 1.42. The van der Waals surface area contributed by atoms with Crippen LogP contribution < -0.4 is 0 Å². The summed E-state index contributed by atoms with van der Waals surface area (Å²) in [5, 5.41) is 0. The summed E-state index contributed by atoms with van der Waals surface area (Å²) in [6, 6.07) is 10.8. The third kappa shape index (κ3) is 3.52. The molecule has 0 radical (unpaired) electrons. The molecule has 1 atom stereocenters. The molecule has 0 amide bonds. The molecule has 0 aromatic heterocycles. The lowest BCUT2D eigenvalue weighted by molar-refractivity contribution is 0.798. The molecule has 0 N–H and O–H groups in total. The van der Waals surface area contributed by atoms with E-state index in [-0.39, 0.29) is 4.75 Å². The minimum Gasteiger partial charge on any atom is -0.111 e. The Hall–Kier alpha value is -0.993. The van der Waals surface area contributed by atoms with Crippen molar-refractivity contribution in [3.05, 3.63) is 71.3 Å². The van der Waals surface area contributed by atoms with Crippen LogP contribution in [0, 0.1) is 0 Å². The number of hydrogen-bond acceptors (Lipinski definition) is 1. The average molecular weight is 287 g/mol. The topological polar surface area (TPSA) is 0 Å². The van der Waals surface area contributed by atoms with Gasteiger partial charge in [0, 0.05) is 4.91 Å². The second kappa shape index (κ2) is 5.56. The van der Waals surface area contributed by atoms with E-state index in [1.54, 1.807) is 0 Å². The lowest BCUT2D eigenvalue weighted by atomic mass is 9.94. The maximum Gasteiger partial charge on any atom is 0.0701 e. The van der Waals surface area contributed by atoms with Gasteiger partial charge >= 0.3 is 0 Å². The highest BCUT2D eigenvalue weighted by molar-refractivity contribution is 8.04. The van der Waals surface area contributed by atoms with Gasteiger partial charge in [-0.1, -0.05) is 73.9 Å². The van der Waals surface area contributed by atoms with Crippen LogP contribution in [0.4, 0.5) is 0 Å². The van der Waals surface area contributed by atoms with Crippen LogP contribution in [0.5, 0.6) is 0 Å². The molecule has 1 aromatic rings. The van der Waals surface area contributed by atoms with Crippen LogP contribution in [0.15, 0.2) is 65.7 Å². The van der Waals surface area contributed by atoms with Gasteiger partial charge in [-0.05, 0) is 12.0 Å². The van der Waals surface area contributed by atoms with Crippen molar-refractivity contribution < 1.29 is 0 Å². The molecule has 1 aliphatic heterocycles. The molecule has 0 saturated heterocycles. The Morgan fingerprint density at radius 2 is 1.89 bits per heavy atom. The maximum atomic E-state index is 3.94. The first-order valence-electron chi connectivity index (χ1n) is 6.73. The molecule has 0 fully saturated rings. The van der Waals surface area contributed by atoms with Crippen LogP contribution in [0.2, 0.25) is 19.6 Å². The third-order valence-electron chi connectivity index (χ3n) is 3.10. The van der Waals surface area contributed by atoms with Gasteiger partial charge in [-0.15, -0.1) is 18.3 Å². The molecule has 0 spiro atoms. The fourth-order valence-corrected chi connectivity index (χ4v) is 5.71. The summed E-state index contributed by atoms with van der Waals surface area (Å²) in [6.45, 7) is 11.1. The van der Waals surface area contributed by atoms with E-state index in [2.05, 4.69) is 74.4 Å². The van der Waals surface area contributed by atoms with Crippen molar-refractivity contribution in [3.8, 4) is 0 Å². The van der Waals surface area contributed by atoms with E-state index in [1.165, 1.54) is 10.5 Å². The molecule has 100 valence electrons. The van der Waals surface area contributed by atoms with E-state index in [4.69, 9.17) is 0 Å². The summed E-state index contributed by atoms with van der Waals surface area (Å²) < 4.78 is 0.0501. The molecular formula is C17H22SSi. The van der Waals surface area contributed by atoms with Crippen molar-refractivity contribution in [2.24, 2.45) is 0 Å². The second-order valence-corrected chi connectivity index (χ2v) is 12.5. The van der Waals surface area contributed by atoms with E-state index in [0.717, 1.165) is 6.42 Å². The van der Waals surface area contributed by atoms with Gasteiger partial charge in [0.2, 0.25) is 0 Å². The zero-order valence-electron chi connectivity index (χ0n) is 12.0. The zero-order chi connectivity index (χ0) is 13.9. The molecule has 1 heterocycles. The Morgan fingerprint density at radius 1 is 1.21 bits per heavy atom. The zero-order valence-corrected chi connectivity index (χ0v) is 13.8. The third-order valence-corrected chi connectivity index (χ3v) is 5.88. The Labute approximate surface area is 122 Å². The fraction of sp³-hybridized carbons (Fsp3) is 0.294. The Balaban J connectivity index is 2.34. The normalized spacial score (nSPS) is 24.9. The standard InChI is InChI=1S/C17H22SSi/c1-5-12-17(15-9-7-6-8-10-15)13-11-16(18-17)14-19(2,3)4/h5-11,13-14H,1,12H2,2-4H3/b16-14+. The molecule has 1 aliphatic rings. The van der Waals surface area contributed by atoms with E-state index in [9.17, 15) is 0 Å². The molecule has 0 aliphatic carbocycles. The average Bonchev–Trinajstić information content (AvgIpc) is 2.73. The first-order chi connectivity index (χ1) is 8.95. The summed E-state index contributed by atoms with van der Waals surface area (Å²) in [7, 11) is -1.17. The van der Waals surface area contributed by atoms with E-state index in [1.807, 2.05) is 17.8 Å². The van der Waals surface area contributed by atoms with Gasteiger partial charge in [-0.3, -0.25) is 0 Å². The molecule has 2 heteroatoms. The predicted molar refractivity (Wildman–Crippen MR) is 91.1 cm³/mol. The monoisotopic (exact) mass is 286 g/mol. The highest BCUT2D eigenvalue weighted by atomic mass is 32.2. The fourth-order valence-electron chi connectivity index (χ4n) is 2.32. The van der Waals surface area contributed by atoms with E-state index < -0.39 is 8.07 Å². The second-order valence-electron chi connectivity index (χ2n) is 6.10. The van der Waals surface area contributed by atoms with Crippen molar-refractivity contribution in [3.63, 3.8) is 0 Å². The highest BCUT2D eigenvalue weighted by Crippen LogP contribution is 2.50. The van der Waals surface area contributed by atoms with Gasteiger partial charge in [0.25, 0.3) is 0 Å². The molecule has 1 unspecified atom stereocenters. The maximum absolute atomic E-state index is 3.94. The molecule has 0 nitrogen and oxygen atoms in total. The number of allylic oxidation sites excluding steroid dienone is 2. The van der Waals surface area contributed by atoms with Gasteiger partial charge in [-0.2, -0.15) is 0 Å². The molecular weight excluding hydrogens is 264 g/mol. The first kappa shape index (κ1) is 14.4. The largest absolute Gasteiger partial charge is 0.111 e. The van der Waals surface area contributed by atoms with Crippen molar-refractivity contribution in [1.82, 2.24) is 0 Å². The Morgan fingerprint density at radius 3 is 2.47 bits per heavy atom.